The Labute approximate surface area is 151 Å². The third-order valence-electron chi connectivity index (χ3n) is 3.83. The van der Waals surface area contributed by atoms with Gasteiger partial charge in [-0.05, 0) is 25.1 Å². The van der Waals surface area contributed by atoms with Crippen molar-refractivity contribution >= 4 is 44.0 Å². The van der Waals surface area contributed by atoms with E-state index in [9.17, 15) is 8.42 Å². The number of sulfonamides is 1. The van der Waals surface area contributed by atoms with Crippen LogP contribution in [-0.4, -0.2) is 37.3 Å². The van der Waals surface area contributed by atoms with E-state index >= 15 is 0 Å². The lowest BCUT2D eigenvalue weighted by Gasteiger charge is -2.19. The van der Waals surface area contributed by atoms with Gasteiger partial charge in [0.15, 0.2) is 5.65 Å². The van der Waals surface area contributed by atoms with E-state index in [-0.39, 0.29) is 4.90 Å². The number of pyridine rings is 1. The van der Waals surface area contributed by atoms with E-state index in [4.69, 9.17) is 11.6 Å². The molecular formula is C16H18ClN5O2S. The fourth-order valence-corrected chi connectivity index (χ4v) is 4.07. The van der Waals surface area contributed by atoms with Gasteiger partial charge in [-0.1, -0.05) is 17.7 Å². The van der Waals surface area contributed by atoms with E-state index in [1.54, 1.807) is 55.0 Å². The first kappa shape index (κ1) is 17.5. The van der Waals surface area contributed by atoms with Gasteiger partial charge in [0.25, 0.3) is 10.0 Å². The number of fused-ring (bicyclic) bond motifs is 1. The van der Waals surface area contributed by atoms with Crippen molar-refractivity contribution in [2.24, 2.45) is 7.05 Å². The van der Waals surface area contributed by atoms with Crippen LogP contribution in [0.1, 0.15) is 5.69 Å². The molecule has 1 N–H and O–H groups in total. The summed E-state index contributed by atoms with van der Waals surface area (Å²) in [6.45, 7) is 1.81. The van der Waals surface area contributed by atoms with Crippen LogP contribution in [0.5, 0.6) is 0 Å². The lowest BCUT2D eigenvalue weighted by atomic mass is 10.2. The molecule has 0 radical (unpaired) electrons. The highest BCUT2D eigenvalue weighted by atomic mass is 35.5. The second kappa shape index (κ2) is 6.20. The van der Waals surface area contributed by atoms with Crippen molar-refractivity contribution in [3.8, 4) is 0 Å². The van der Waals surface area contributed by atoms with Gasteiger partial charge in [-0.2, -0.15) is 5.10 Å². The minimum absolute atomic E-state index is 0.0702. The topological polar surface area (TPSA) is 80.1 Å². The van der Waals surface area contributed by atoms with Crippen LogP contribution < -0.4 is 9.62 Å². The Kier molecular flexibility index (Phi) is 4.34. The van der Waals surface area contributed by atoms with Crippen molar-refractivity contribution in [3.63, 3.8) is 0 Å². The van der Waals surface area contributed by atoms with Crippen LogP contribution in [-0.2, 0) is 17.1 Å². The molecule has 7 nitrogen and oxygen atoms in total. The predicted octanol–water partition coefficient (Wildman–Crippen LogP) is 2.80. The average molecular weight is 380 g/mol. The van der Waals surface area contributed by atoms with E-state index < -0.39 is 10.0 Å². The standard InChI is InChI=1S/C16H18ClN5O2S/c1-10-12-8-11(9-18-16(12)22(4)19-10)25(23,24)20-14-7-5-6-13(17)15(14)21(2)3/h5-9,20H,1-4H3. The number of hydrogen-bond donors (Lipinski definition) is 1. The zero-order valence-corrected chi connectivity index (χ0v) is 15.9. The summed E-state index contributed by atoms with van der Waals surface area (Å²) >= 11 is 6.20. The van der Waals surface area contributed by atoms with E-state index in [0.717, 1.165) is 5.69 Å². The molecule has 0 bridgehead atoms. The zero-order valence-electron chi connectivity index (χ0n) is 14.3. The number of anilines is 2. The summed E-state index contributed by atoms with van der Waals surface area (Å²) in [6.07, 6.45) is 1.33. The number of para-hydroxylation sites is 1. The zero-order chi connectivity index (χ0) is 18.4. The smallest absolute Gasteiger partial charge is 0.263 e. The van der Waals surface area contributed by atoms with Crippen molar-refractivity contribution in [2.75, 3.05) is 23.7 Å². The second-order valence-corrected chi connectivity index (χ2v) is 7.98. The summed E-state index contributed by atoms with van der Waals surface area (Å²) in [5.41, 5.74) is 2.35. The van der Waals surface area contributed by atoms with Crippen molar-refractivity contribution in [1.29, 1.82) is 0 Å². The molecule has 0 amide bonds. The Morgan fingerprint density at radius 3 is 2.68 bits per heavy atom. The minimum Gasteiger partial charge on any atom is -0.375 e. The maximum absolute atomic E-state index is 12.8. The minimum atomic E-state index is -3.82. The maximum Gasteiger partial charge on any atom is 0.263 e. The summed E-state index contributed by atoms with van der Waals surface area (Å²) in [5.74, 6) is 0. The van der Waals surface area contributed by atoms with Crippen molar-refractivity contribution in [3.05, 3.63) is 41.2 Å². The monoisotopic (exact) mass is 379 g/mol. The Morgan fingerprint density at radius 2 is 2.00 bits per heavy atom. The molecule has 25 heavy (non-hydrogen) atoms. The van der Waals surface area contributed by atoms with Crippen molar-refractivity contribution in [1.82, 2.24) is 14.8 Å². The molecule has 0 spiro atoms. The van der Waals surface area contributed by atoms with Crippen LogP contribution in [0.15, 0.2) is 35.4 Å². The number of aromatic nitrogens is 3. The van der Waals surface area contributed by atoms with Crippen LogP contribution in [0, 0.1) is 6.92 Å². The number of nitrogens with one attached hydrogen (secondary N) is 1. The SMILES string of the molecule is Cc1nn(C)c2ncc(S(=O)(=O)Nc3cccc(Cl)c3N(C)C)cc12. The molecule has 0 fully saturated rings. The number of aryl methyl sites for hydroxylation is 2. The molecule has 0 aliphatic rings. The van der Waals surface area contributed by atoms with Crippen LogP contribution in [0.3, 0.4) is 0 Å². The number of rotatable bonds is 4. The van der Waals surface area contributed by atoms with Crippen LogP contribution in [0.4, 0.5) is 11.4 Å². The first-order chi connectivity index (χ1) is 11.7. The highest BCUT2D eigenvalue weighted by molar-refractivity contribution is 7.92. The van der Waals surface area contributed by atoms with E-state index in [0.29, 0.717) is 27.4 Å². The molecule has 3 rings (SSSR count). The van der Waals surface area contributed by atoms with Crippen LogP contribution in [0.2, 0.25) is 5.02 Å². The molecule has 0 saturated carbocycles. The number of hydrogen-bond acceptors (Lipinski definition) is 5. The quantitative estimate of drug-likeness (QED) is 0.753. The van der Waals surface area contributed by atoms with Crippen LogP contribution >= 0.6 is 11.6 Å². The molecule has 3 aromatic rings. The molecule has 0 aliphatic carbocycles. The highest BCUT2D eigenvalue weighted by Crippen LogP contribution is 2.34. The maximum atomic E-state index is 12.8. The van der Waals surface area contributed by atoms with Crippen molar-refractivity contribution < 1.29 is 8.42 Å². The Balaban J connectivity index is 2.06. The highest BCUT2D eigenvalue weighted by Gasteiger charge is 2.20. The summed E-state index contributed by atoms with van der Waals surface area (Å²) in [5, 5.41) is 5.42. The summed E-state index contributed by atoms with van der Waals surface area (Å²) < 4.78 is 29.8. The molecule has 0 aliphatic heterocycles. The van der Waals surface area contributed by atoms with Crippen molar-refractivity contribution in [2.45, 2.75) is 11.8 Å². The van der Waals surface area contributed by atoms with Gasteiger partial charge in [0.05, 0.1) is 22.1 Å². The lowest BCUT2D eigenvalue weighted by molar-refractivity contribution is 0.601. The number of benzene rings is 1. The molecule has 1 aromatic carbocycles. The van der Waals surface area contributed by atoms with Gasteiger partial charge in [0.2, 0.25) is 0 Å². The third-order valence-corrected chi connectivity index (χ3v) is 5.46. The van der Waals surface area contributed by atoms with Gasteiger partial charge in [-0.3, -0.25) is 9.40 Å². The fourth-order valence-electron chi connectivity index (χ4n) is 2.69. The van der Waals surface area contributed by atoms with Crippen LogP contribution in [0.25, 0.3) is 11.0 Å². The Bertz CT molecular complexity index is 1060. The van der Waals surface area contributed by atoms with Gasteiger partial charge in [0, 0.05) is 32.7 Å². The molecule has 2 aromatic heterocycles. The normalized spacial score (nSPS) is 11.7. The van der Waals surface area contributed by atoms with Gasteiger partial charge in [-0.25, -0.2) is 13.4 Å². The first-order valence-corrected chi connectivity index (χ1v) is 9.35. The van der Waals surface area contributed by atoms with E-state index in [1.807, 2.05) is 6.92 Å². The predicted molar refractivity (Wildman–Crippen MR) is 99.8 cm³/mol. The molecule has 0 saturated heterocycles. The third kappa shape index (κ3) is 3.14. The molecule has 2 heterocycles. The van der Waals surface area contributed by atoms with Gasteiger partial charge in [0.1, 0.15) is 4.90 Å². The Hall–Kier alpha value is -2.32. The summed E-state index contributed by atoms with van der Waals surface area (Å²) in [7, 11) is 1.54. The Morgan fingerprint density at radius 1 is 1.28 bits per heavy atom. The average Bonchev–Trinajstić information content (AvgIpc) is 2.81. The fraction of sp³-hybridized carbons (Fsp3) is 0.250. The van der Waals surface area contributed by atoms with Gasteiger partial charge in [-0.15, -0.1) is 0 Å². The number of nitrogens with zero attached hydrogens (tertiary/aromatic N) is 4. The van der Waals surface area contributed by atoms with E-state index in [2.05, 4.69) is 14.8 Å². The summed E-state index contributed by atoms with van der Waals surface area (Å²) in [6, 6.07) is 6.65. The molecular weight excluding hydrogens is 362 g/mol. The largest absolute Gasteiger partial charge is 0.375 e. The molecule has 9 heteroatoms. The van der Waals surface area contributed by atoms with E-state index in [1.165, 1.54) is 6.20 Å². The first-order valence-electron chi connectivity index (χ1n) is 7.48. The van der Waals surface area contributed by atoms with Gasteiger partial charge >= 0.3 is 0 Å². The second-order valence-electron chi connectivity index (χ2n) is 5.89. The summed E-state index contributed by atoms with van der Waals surface area (Å²) in [4.78, 5) is 6.06. The molecule has 132 valence electrons. The molecule has 0 unspecified atom stereocenters. The number of halogens is 1. The lowest BCUT2D eigenvalue weighted by Crippen LogP contribution is -2.17. The van der Waals surface area contributed by atoms with Gasteiger partial charge < -0.3 is 4.90 Å². The molecule has 0 atom stereocenters.